The standard InChI is InChI=1S/C24H30N2O3/c1-3-19-12-10-11-18(2)23(19)25-24(28)20-13-6-7-14-21(20)29-17-22(27)26-15-8-4-5-9-16-26/h6-7,10-14H,3-5,8-9,15-17H2,1-2H3,(H,25,28). The van der Waals surface area contributed by atoms with Crippen LogP contribution >= 0.6 is 0 Å². The lowest BCUT2D eigenvalue weighted by Gasteiger charge is -2.21. The highest BCUT2D eigenvalue weighted by Crippen LogP contribution is 2.24. The van der Waals surface area contributed by atoms with Crippen LogP contribution < -0.4 is 10.1 Å². The average Bonchev–Trinajstić information content (AvgIpc) is 3.03. The Morgan fingerprint density at radius 2 is 1.72 bits per heavy atom. The van der Waals surface area contributed by atoms with Crippen molar-refractivity contribution in [1.29, 1.82) is 0 Å². The minimum atomic E-state index is -0.230. The third-order valence-corrected chi connectivity index (χ3v) is 5.42. The van der Waals surface area contributed by atoms with Crippen molar-refractivity contribution in [1.82, 2.24) is 4.90 Å². The van der Waals surface area contributed by atoms with Crippen LogP contribution in [0.25, 0.3) is 0 Å². The van der Waals surface area contributed by atoms with Gasteiger partial charge < -0.3 is 15.0 Å². The normalized spacial score (nSPS) is 14.2. The van der Waals surface area contributed by atoms with Gasteiger partial charge in [-0.1, -0.05) is 50.1 Å². The van der Waals surface area contributed by atoms with Gasteiger partial charge in [0.1, 0.15) is 5.75 Å². The molecule has 154 valence electrons. The number of hydrogen-bond donors (Lipinski definition) is 1. The molecule has 1 saturated heterocycles. The lowest BCUT2D eigenvalue weighted by Crippen LogP contribution is -2.35. The topological polar surface area (TPSA) is 58.6 Å². The number of anilines is 1. The molecule has 0 aliphatic carbocycles. The van der Waals surface area contributed by atoms with E-state index < -0.39 is 0 Å². The Morgan fingerprint density at radius 3 is 2.45 bits per heavy atom. The zero-order valence-corrected chi connectivity index (χ0v) is 17.4. The van der Waals surface area contributed by atoms with E-state index >= 15 is 0 Å². The number of hydrogen-bond acceptors (Lipinski definition) is 3. The second kappa shape index (κ2) is 10.1. The largest absolute Gasteiger partial charge is 0.483 e. The molecule has 1 fully saturated rings. The van der Waals surface area contributed by atoms with Crippen molar-refractivity contribution in [2.75, 3.05) is 25.0 Å². The van der Waals surface area contributed by atoms with E-state index in [-0.39, 0.29) is 18.4 Å². The van der Waals surface area contributed by atoms with Crippen LogP contribution in [0, 0.1) is 6.92 Å². The zero-order valence-electron chi connectivity index (χ0n) is 17.4. The number of likely N-dealkylation sites (tertiary alicyclic amines) is 1. The maximum atomic E-state index is 13.0. The minimum absolute atomic E-state index is 0.0192. The Labute approximate surface area is 173 Å². The Bertz CT molecular complexity index is 855. The number of benzene rings is 2. The van der Waals surface area contributed by atoms with Gasteiger partial charge in [-0.15, -0.1) is 0 Å². The summed E-state index contributed by atoms with van der Waals surface area (Å²) in [5.41, 5.74) is 3.39. The molecule has 5 nitrogen and oxygen atoms in total. The lowest BCUT2D eigenvalue weighted by atomic mass is 10.1. The number of amides is 2. The summed E-state index contributed by atoms with van der Waals surface area (Å²) in [5, 5.41) is 3.03. The number of aryl methyl sites for hydroxylation is 2. The zero-order chi connectivity index (χ0) is 20.6. The number of nitrogens with one attached hydrogen (secondary N) is 1. The molecule has 1 N–H and O–H groups in total. The molecule has 0 bridgehead atoms. The lowest BCUT2D eigenvalue weighted by molar-refractivity contribution is -0.133. The highest BCUT2D eigenvalue weighted by Gasteiger charge is 2.19. The summed E-state index contributed by atoms with van der Waals surface area (Å²) in [6.07, 6.45) is 5.26. The minimum Gasteiger partial charge on any atom is -0.483 e. The molecule has 5 heteroatoms. The molecule has 0 atom stereocenters. The molecule has 0 radical (unpaired) electrons. The van der Waals surface area contributed by atoms with Crippen molar-refractivity contribution in [3.8, 4) is 5.75 Å². The monoisotopic (exact) mass is 394 g/mol. The Hall–Kier alpha value is -2.82. The molecule has 1 aliphatic rings. The van der Waals surface area contributed by atoms with Crippen LogP contribution in [0.1, 0.15) is 54.1 Å². The molecule has 29 heavy (non-hydrogen) atoms. The summed E-state index contributed by atoms with van der Waals surface area (Å²) >= 11 is 0. The van der Waals surface area contributed by atoms with Crippen LogP contribution in [-0.2, 0) is 11.2 Å². The average molecular weight is 395 g/mol. The molecule has 0 spiro atoms. The predicted octanol–water partition coefficient (Wildman–Crippen LogP) is 4.59. The van der Waals surface area contributed by atoms with Gasteiger partial charge in [0.25, 0.3) is 11.8 Å². The smallest absolute Gasteiger partial charge is 0.260 e. The molecule has 0 aromatic heterocycles. The van der Waals surface area contributed by atoms with Gasteiger partial charge >= 0.3 is 0 Å². The van der Waals surface area contributed by atoms with Gasteiger partial charge in [-0.25, -0.2) is 0 Å². The van der Waals surface area contributed by atoms with E-state index in [2.05, 4.69) is 12.2 Å². The van der Waals surface area contributed by atoms with E-state index in [0.717, 1.165) is 49.2 Å². The second-order valence-corrected chi connectivity index (χ2v) is 7.50. The van der Waals surface area contributed by atoms with Gasteiger partial charge in [-0.2, -0.15) is 0 Å². The second-order valence-electron chi connectivity index (χ2n) is 7.50. The number of para-hydroxylation sites is 2. The fourth-order valence-electron chi connectivity index (χ4n) is 3.71. The van der Waals surface area contributed by atoms with Crippen LogP contribution in [0.5, 0.6) is 5.75 Å². The molecular formula is C24H30N2O3. The van der Waals surface area contributed by atoms with Gasteiger partial charge in [0, 0.05) is 18.8 Å². The van der Waals surface area contributed by atoms with Crippen LogP contribution in [0.3, 0.4) is 0 Å². The Kier molecular flexibility index (Phi) is 7.28. The molecule has 2 amide bonds. The van der Waals surface area contributed by atoms with E-state index in [0.29, 0.717) is 11.3 Å². The first kappa shape index (κ1) is 20.9. The van der Waals surface area contributed by atoms with Crippen molar-refractivity contribution < 1.29 is 14.3 Å². The van der Waals surface area contributed by atoms with Gasteiger partial charge in [0.2, 0.25) is 0 Å². The highest BCUT2D eigenvalue weighted by atomic mass is 16.5. The van der Waals surface area contributed by atoms with Crippen molar-refractivity contribution in [2.45, 2.75) is 46.0 Å². The van der Waals surface area contributed by atoms with Crippen molar-refractivity contribution in [3.05, 3.63) is 59.2 Å². The summed E-state index contributed by atoms with van der Waals surface area (Å²) in [4.78, 5) is 27.4. The summed E-state index contributed by atoms with van der Waals surface area (Å²) < 4.78 is 5.79. The maximum Gasteiger partial charge on any atom is 0.260 e. The van der Waals surface area contributed by atoms with Crippen LogP contribution in [0.2, 0.25) is 0 Å². The van der Waals surface area contributed by atoms with Crippen LogP contribution in [0.4, 0.5) is 5.69 Å². The van der Waals surface area contributed by atoms with E-state index in [4.69, 9.17) is 4.74 Å². The van der Waals surface area contributed by atoms with Crippen LogP contribution in [-0.4, -0.2) is 36.4 Å². The van der Waals surface area contributed by atoms with Crippen molar-refractivity contribution >= 4 is 17.5 Å². The summed E-state index contributed by atoms with van der Waals surface area (Å²) in [6.45, 7) is 5.58. The SMILES string of the molecule is CCc1cccc(C)c1NC(=O)c1ccccc1OCC(=O)N1CCCCCC1. The molecule has 0 saturated carbocycles. The Morgan fingerprint density at radius 1 is 1.00 bits per heavy atom. The summed E-state index contributed by atoms with van der Waals surface area (Å²) in [7, 11) is 0. The van der Waals surface area contributed by atoms with Crippen molar-refractivity contribution in [2.24, 2.45) is 0 Å². The summed E-state index contributed by atoms with van der Waals surface area (Å²) in [5.74, 6) is 0.181. The first-order valence-corrected chi connectivity index (χ1v) is 10.5. The van der Waals surface area contributed by atoms with Gasteiger partial charge in [-0.3, -0.25) is 9.59 Å². The quantitative estimate of drug-likeness (QED) is 0.779. The fraction of sp³-hybridized carbons (Fsp3) is 0.417. The first-order valence-electron chi connectivity index (χ1n) is 10.5. The molecule has 1 aliphatic heterocycles. The Balaban J connectivity index is 1.70. The van der Waals surface area contributed by atoms with E-state index in [1.165, 1.54) is 12.8 Å². The number of ether oxygens (including phenoxy) is 1. The molecule has 2 aromatic carbocycles. The third kappa shape index (κ3) is 5.37. The fourth-order valence-corrected chi connectivity index (χ4v) is 3.71. The predicted molar refractivity (Wildman–Crippen MR) is 115 cm³/mol. The highest BCUT2D eigenvalue weighted by molar-refractivity contribution is 6.07. The summed E-state index contributed by atoms with van der Waals surface area (Å²) in [6, 6.07) is 13.1. The number of carbonyl (C=O) groups excluding carboxylic acids is 2. The number of nitrogens with zero attached hydrogens (tertiary/aromatic N) is 1. The first-order chi connectivity index (χ1) is 14.1. The van der Waals surface area contributed by atoms with E-state index in [9.17, 15) is 9.59 Å². The molecular weight excluding hydrogens is 364 g/mol. The van der Waals surface area contributed by atoms with Gasteiger partial charge in [0.15, 0.2) is 6.61 Å². The van der Waals surface area contributed by atoms with E-state index in [1.54, 1.807) is 18.2 Å². The molecule has 1 heterocycles. The maximum absolute atomic E-state index is 13.0. The number of rotatable bonds is 6. The van der Waals surface area contributed by atoms with Gasteiger partial charge in [-0.05, 0) is 49.4 Å². The third-order valence-electron chi connectivity index (χ3n) is 5.42. The molecule has 2 aromatic rings. The van der Waals surface area contributed by atoms with Crippen LogP contribution in [0.15, 0.2) is 42.5 Å². The molecule has 0 unspecified atom stereocenters. The molecule has 3 rings (SSSR count). The van der Waals surface area contributed by atoms with E-state index in [1.807, 2.05) is 36.1 Å². The van der Waals surface area contributed by atoms with Gasteiger partial charge in [0.05, 0.1) is 5.56 Å². The number of carbonyl (C=O) groups is 2. The van der Waals surface area contributed by atoms with Crippen molar-refractivity contribution in [3.63, 3.8) is 0 Å².